The highest BCUT2D eigenvalue weighted by Gasteiger charge is 2.30. The molecule has 154 valence electrons. The zero-order valence-electron chi connectivity index (χ0n) is 15.9. The van der Waals surface area contributed by atoms with Gasteiger partial charge in [0.15, 0.2) is 0 Å². The van der Waals surface area contributed by atoms with Crippen LogP contribution in [-0.4, -0.2) is 39.0 Å². The Labute approximate surface area is 169 Å². The summed E-state index contributed by atoms with van der Waals surface area (Å²) in [6.07, 6.45) is -1.03. The van der Waals surface area contributed by atoms with Crippen LogP contribution in [0.4, 0.5) is 19.0 Å². The van der Waals surface area contributed by atoms with Crippen LogP contribution in [0.3, 0.4) is 0 Å². The Balaban J connectivity index is 1.70. The molecule has 0 unspecified atom stereocenters. The summed E-state index contributed by atoms with van der Waals surface area (Å²) in [6, 6.07) is 10.8. The highest BCUT2D eigenvalue weighted by molar-refractivity contribution is 6.04. The van der Waals surface area contributed by atoms with Crippen molar-refractivity contribution < 1.29 is 13.2 Å². The summed E-state index contributed by atoms with van der Waals surface area (Å²) < 4.78 is 40.4. The average Bonchev–Trinajstić information content (AvgIpc) is 3.42. The van der Waals surface area contributed by atoms with Gasteiger partial charge in [-0.05, 0) is 31.0 Å². The smallest absolute Gasteiger partial charge is 0.357 e. The Morgan fingerprint density at radius 1 is 1.07 bits per heavy atom. The van der Waals surface area contributed by atoms with Gasteiger partial charge in [0.25, 0.3) is 5.56 Å². The minimum absolute atomic E-state index is 0.133. The number of hydrogen-bond donors (Lipinski definition) is 1. The summed E-state index contributed by atoms with van der Waals surface area (Å²) in [4.78, 5) is 19.6. The van der Waals surface area contributed by atoms with Crippen LogP contribution in [0.5, 0.6) is 0 Å². The first-order chi connectivity index (χ1) is 14.4. The number of hydrogen-bond acceptors (Lipinski definition) is 4. The van der Waals surface area contributed by atoms with Gasteiger partial charge in [-0.3, -0.25) is 14.5 Å². The topological polar surface area (TPSA) is 66.8 Å². The quantitative estimate of drug-likeness (QED) is 0.549. The molecule has 5 rings (SSSR count). The zero-order chi connectivity index (χ0) is 20.9. The van der Waals surface area contributed by atoms with Crippen LogP contribution in [-0.2, 0) is 6.54 Å². The summed E-state index contributed by atoms with van der Waals surface area (Å²) in [5.41, 5.74) is 1.20. The van der Waals surface area contributed by atoms with Crippen molar-refractivity contribution in [3.8, 4) is 11.3 Å². The first kappa shape index (κ1) is 18.7. The number of nitrogens with one attached hydrogen (secondary N) is 1. The second-order valence-electron chi connectivity index (χ2n) is 7.47. The van der Waals surface area contributed by atoms with Crippen molar-refractivity contribution in [2.75, 3.05) is 18.0 Å². The molecule has 0 spiro atoms. The van der Waals surface area contributed by atoms with E-state index in [0.717, 1.165) is 36.3 Å². The van der Waals surface area contributed by atoms with E-state index in [4.69, 9.17) is 4.98 Å². The first-order valence-electron chi connectivity index (χ1n) is 9.69. The molecule has 0 bridgehead atoms. The van der Waals surface area contributed by atoms with E-state index in [1.807, 2.05) is 18.2 Å². The summed E-state index contributed by atoms with van der Waals surface area (Å²) in [6.45, 7) is 0.516. The molecule has 0 amide bonds. The van der Waals surface area contributed by atoms with Crippen molar-refractivity contribution in [1.29, 1.82) is 0 Å². The summed E-state index contributed by atoms with van der Waals surface area (Å²) in [5.74, 6) is 0.849. The van der Waals surface area contributed by atoms with Gasteiger partial charge < -0.3 is 4.90 Å². The van der Waals surface area contributed by atoms with Crippen molar-refractivity contribution in [2.45, 2.75) is 25.6 Å². The lowest BCUT2D eigenvalue weighted by Crippen LogP contribution is -2.28. The second kappa shape index (κ2) is 6.86. The van der Waals surface area contributed by atoms with Crippen LogP contribution in [0.25, 0.3) is 33.1 Å². The normalized spacial score (nSPS) is 14.8. The lowest BCUT2D eigenvalue weighted by Gasteiger charge is -2.17. The minimum atomic E-state index is -4.53. The molecule has 1 fully saturated rings. The third-order valence-corrected chi connectivity index (χ3v) is 5.47. The van der Waals surface area contributed by atoms with Gasteiger partial charge >= 0.3 is 6.18 Å². The Kier molecular flexibility index (Phi) is 4.27. The van der Waals surface area contributed by atoms with Crippen LogP contribution < -0.4 is 10.5 Å². The Morgan fingerprint density at radius 2 is 1.87 bits per heavy atom. The van der Waals surface area contributed by atoms with Gasteiger partial charge in [0.1, 0.15) is 12.4 Å². The predicted octanol–water partition coefficient (Wildman–Crippen LogP) is 4.10. The van der Waals surface area contributed by atoms with Crippen molar-refractivity contribution in [1.82, 2.24) is 19.7 Å². The molecule has 6 nitrogen and oxygen atoms in total. The Morgan fingerprint density at radius 3 is 2.63 bits per heavy atom. The molecule has 3 aromatic heterocycles. The maximum absolute atomic E-state index is 13.2. The lowest BCUT2D eigenvalue weighted by molar-refractivity contribution is -0.140. The Bertz CT molecular complexity index is 1300. The number of anilines is 1. The third kappa shape index (κ3) is 3.20. The lowest BCUT2D eigenvalue weighted by atomic mass is 10.1. The van der Waals surface area contributed by atoms with Crippen molar-refractivity contribution in [3.05, 3.63) is 52.9 Å². The van der Waals surface area contributed by atoms with Crippen LogP contribution in [0.2, 0.25) is 0 Å². The summed E-state index contributed by atoms with van der Waals surface area (Å²) in [7, 11) is 0. The summed E-state index contributed by atoms with van der Waals surface area (Å²) >= 11 is 0. The fourth-order valence-electron chi connectivity index (χ4n) is 4.08. The number of aromatic amines is 1. The molecule has 4 heterocycles. The van der Waals surface area contributed by atoms with E-state index in [2.05, 4.69) is 15.1 Å². The number of pyridine rings is 2. The third-order valence-electron chi connectivity index (χ3n) is 5.47. The highest BCUT2D eigenvalue weighted by Crippen LogP contribution is 2.29. The van der Waals surface area contributed by atoms with Crippen LogP contribution >= 0.6 is 0 Å². The van der Waals surface area contributed by atoms with E-state index < -0.39 is 18.3 Å². The molecule has 0 radical (unpaired) electrons. The molecule has 1 aromatic carbocycles. The van der Waals surface area contributed by atoms with Gasteiger partial charge in [-0.2, -0.15) is 18.3 Å². The number of halogens is 3. The molecule has 1 N–H and O–H groups in total. The zero-order valence-corrected chi connectivity index (χ0v) is 15.9. The van der Waals surface area contributed by atoms with Gasteiger partial charge in [0.2, 0.25) is 0 Å². The van der Waals surface area contributed by atoms with E-state index in [-0.39, 0.29) is 10.9 Å². The molecule has 1 saturated heterocycles. The van der Waals surface area contributed by atoms with E-state index >= 15 is 0 Å². The molecule has 0 atom stereocenters. The van der Waals surface area contributed by atoms with Crippen LogP contribution in [0.15, 0.2) is 47.4 Å². The van der Waals surface area contributed by atoms with Gasteiger partial charge in [0, 0.05) is 24.0 Å². The monoisotopic (exact) mass is 413 g/mol. The maximum atomic E-state index is 13.2. The van der Waals surface area contributed by atoms with E-state index in [0.29, 0.717) is 22.2 Å². The molecule has 4 aromatic rings. The number of aromatic nitrogens is 4. The molecular formula is C21H18F3N5O. The van der Waals surface area contributed by atoms with Gasteiger partial charge in [-0.25, -0.2) is 4.98 Å². The summed E-state index contributed by atoms with van der Waals surface area (Å²) in [5, 5.41) is 7.22. The number of fused-ring (bicyclic) bond motifs is 3. The molecule has 1 aliphatic heterocycles. The SMILES string of the molecule is O=c1c2cn[nH]c2c2ccc(-c3cccc(N4CCCC4)n3)cc2n1CC(F)(F)F. The number of alkyl halides is 3. The highest BCUT2D eigenvalue weighted by atomic mass is 19.4. The van der Waals surface area contributed by atoms with Crippen LogP contribution in [0.1, 0.15) is 12.8 Å². The van der Waals surface area contributed by atoms with Crippen LogP contribution in [0, 0.1) is 0 Å². The second-order valence-corrected chi connectivity index (χ2v) is 7.47. The molecule has 0 saturated carbocycles. The molecule has 9 heteroatoms. The predicted molar refractivity (Wildman–Crippen MR) is 109 cm³/mol. The van der Waals surface area contributed by atoms with E-state index in [9.17, 15) is 18.0 Å². The number of rotatable bonds is 3. The molecule has 1 aliphatic rings. The first-order valence-corrected chi connectivity index (χ1v) is 9.69. The van der Waals surface area contributed by atoms with E-state index in [1.54, 1.807) is 18.2 Å². The molecule has 0 aliphatic carbocycles. The number of H-pyrrole nitrogens is 1. The molecule has 30 heavy (non-hydrogen) atoms. The van der Waals surface area contributed by atoms with Crippen molar-refractivity contribution >= 4 is 27.6 Å². The van der Waals surface area contributed by atoms with Gasteiger partial charge in [0.05, 0.1) is 28.3 Å². The van der Waals surface area contributed by atoms with Gasteiger partial charge in [-0.15, -0.1) is 0 Å². The largest absolute Gasteiger partial charge is 0.406 e. The van der Waals surface area contributed by atoms with Gasteiger partial charge in [-0.1, -0.05) is 18.2 Å². The number of nitrogens with zero attached hydrogens (tertiary/aromatic N) is 4. The Hall–Kier alpha value is -3.36. The fraction of sp³-hybridized carbons (Fsp3) is 0.286. The fourth-order valence-corrected chi connectivity index (χ4v) is 4.08. The van der Waals surface area contributed by atoms with Crippen molar-refractivity contribution in [2.24, 2.45) is 0 Å². The van der Waals surface area contributed by atoms with Crippen molar-refractivity contribution in [3.63, 3.8) is 0 Å². The average molecular weight is 413 g/mol. The standard InChI is InChI=1S/C21H18F3N5O/c22-21(23,24)12-29-17-10-13(6-7-14(17)19-15(20(29)30)11-25-27-19)16-4-3-5-18(26-16)28-8-1-2-9-28/h3-7,10-11H,1-2,8-9,12H2,(H,25,27). The minimum Gasteiger partial charge on any atom is -0.357 e. The maximum Gasteiger partial charge on any atom is 0.406 e. The molecular weight excluding hydrogens is 395 g/mol. The van der Waals surface area contributed by atoms with E-state index in [1.165, 1.54) is 6.20 Å². The number of benzene rings is 1.